The molecule has 6 heteroatoms. The molecule has 1 fully saturated rings. The number of amides is 2. The Hall–Kier alpha value is -2.79. The minimum atomic E-state index is -0.0714. The maximum absolute atomic E-state index is 12.9. The van der Waals surface area contributed by atoms with Crippen molar-refractivity contribution < 1.29 is 9.59 Å². The van der Waals surface area contributed by atoms with E-state index < -0.39 is 0 Å². The average Bonchev–Trinajstić information content (AvgIpc) is 3.21. The summed E-state index contributed by atoms with van der Waals surface area (Å²) in [5.74, 6) is 0.293. The maximum Gasteiger partial charge on any atom is 0.270 e. The number of likely N-dealkylation sites (tertiary alicyclic amines) is 1. The second-order valence-electron chi connectivity index (χ2n) is 8.54. The first-order chi connectivity index (χ1) is 14.9. The summed E-state index contributed by atoms with van der Waals surface area (Å²) in [6.45, 7) is 5.92. The van der Waals surface area contributed by atoms with E-state index in [4.69, 9.17) is 11.6 Å². The number of aromatic nitrogens is 1. The van der Waals surface area contributed by atoms with Crippen molar-refractivity contribution in [2.75, 3.05) is 13.1 Å². The molecule has 0 radical (unpaired) electrons. The van der Waals surface area contributed by atoms with E-state index in [1.54, 1.807) is 0 Å². The molecular formula is C25H28ClN3O2. The third-order valence-electron chi connectivity index (χ3n) is 6.35. The Morgan fingerprint density at radius 1 is 1.13 bits per heavy atom. The lowest BCUT2D eigenvalue weighted by atomic mass is 9.84. The van der Waals surface area contributed by atoms with E-state index >= 15 is 0 Å². The van der Waals surface area contributed by atoms with Gasteiger partial charge < -0.3 is 15.2 Å². The first kappa shape index (κ1) is 21.4. The Morgan fingerprint density at radius 2 is 1.84 bits per heavy atom. The van der Waals surface area contributed by atoms with Crippen LogP contribution >= 0.6 is 11.6 Å². The molecular weight excluding hydrogens is 410 g/mol. The third-order valence-corrected chi connectivity index (χ3v) is 6.58. The number of H-pyrrole nitrogens is 1. The maximum atomic E-state index is 12.9. The summed E-state index contributed by atoms with van der Waals surface area (Å²) in [6, 6.07) is 15.6. The summed E-state index contributed by atoms with van der Waals surface area (Å²) in [7, 11) is 0. The monoisotopic (exact) mass is 437 g/mol. The van der Waals surface area contributed by atoms with Gasteiger partial charge in [-0.05, 0) is 55.5 Å². The van der Waals surface area contributed by atoms with E-state index in [9.17, 15) is 9.59 Å². The van der Waals surface area contributed by atoms with Crippen molar-refractivity contribution in [3.05, 3.63) is 70.4 Å². The van der Waals surface area contributed by atoms with Gasteiger partial charge in [0.1, 0.15) is 5.69 Å². The number of benzene rings is 2. The number of nitrogens with one attached hydrogen (secondary N) is 2. The van der Waals surface area contributed by atoms with Crippen molar-refractivity contribution in [3.8, 4) is 0 Å². The Labute approximate surface area is 187 Å². The van der Waals surface area contributed by atoms with Crippen LogP contribution in [-0.4, -0.2) is 34.8 Å². The minimum Gasteiger partial charge on any atom is -0.352 e. The van der Waals surface area contributed by atoms with Crippen LogP contribution in [0.2, 0.25) is 5.02 Å². The quantitative estimate of drug-likeness (QED) is 0.594. The van der Waals surface area contributed by atoms with Crippen LogP contribution in [0.5, 0.6) is 0 Å². The summed E-state index contributed by atoms with van der Waals surface area (Å²) in [4.78, 5) is 30.6. The summed E-state index contributed by atoms with van der Waals surface area (Å²) < 4.78 is 0. The molecule has 1 saturated heterocycles. The van der Waals surface area contributed by atoms with E-state index in [0.29, 0.717) is 30.4 Å². The van der Waals surface area contributed by atoms with Crippen LogP contribution in [0.1, 0.15) is 41.4 Å². The second kappa shape index (κ2) is 9.15. The molecule has 1 aromatic heterocycles. The van der Waals surface area contributed by atoms with Gasteiger partial charge in [0.15, 0.2) is 0 Å². The zero-order valence-corrected chi connectivity index (χ0v) is 18.7. The van der Waals surface area contributed by atoms with Gasteiger partial charge in [-0.3, -0.25) is 9.59 Å². The summed E-state index contributed by atoms with van der Waals surface area (Å²) in [5.41, 5.74) is 3.80. The Balaban J connectivity index is 1.30. The van der Waals surface area contributed by atoms with E-state index in [2.05, 4.69) is 29.4 Å². The zero-order valence-electron chi connectivity index (χ0n) is 18.0. The lowest BCUT2D eigenvalue weighted by Gasteiger charge is -2.34. The van der Waals surface area contributed by atoms with Gasteiger partial charge in [0, 0.05) is 41.5 Å². The number of halogens is 1. The molecule has 0 bridgehead atoms. The summed E-state index contributed by atoms with van der Waals surface area (Å²) in [6.07, 6.45) is 1.66. The fourth-order valence-electron chi connectivity index (χ4n) is 4.26. The highest BCUT2D eigenvalue weighted by molar-refractivity contribution is 6.31. The van der Waals surface area contributed by atoms with Gasteiger partial charge in [-0.2, -0.15) is 0 Å². The molecule has 0 aliphatic carbocycles. The van der Waals surface area contributed by atoms with Gasteiger partial charge in [-0.15, -0.1) is 0 Å². The zero-order chi connectivity index (χ0) is 22.0. The Bertz CT molecular complexity index is 1080. The number of piperidine rings is 1. The van der Waals surface area contributed by atoms with Crippen LogP contribution in [-0.2, 0) is 11.3 Å². The normalized spacial score (nSPS) is 15.8. The number of aryl methyl sites for hydroxylation is 1. The molecule has 1 unspecified atom stereocenters. The van der Waals surface area contributed by atoms with Crippen LogP contribution in [0.15, 0.2) is 48.5 Å². The molecule has 1 aliphatic rings. The van der Waals surface area contributed by atoms with Crippen molar-refractivity contribution in [1.82, 2.24) is 15.2 Å². The molecule has 31 heavy (non-hydrogen) atoms. The minimum absolute atomic E-state index is 0.00208. The lowest BCUT2D eigenvalue weighted by molar-refractivity contribution is -0.126. The molecule has 4 rings (SSSR count). The smallest absolute Gasteiger partial charge is 0.270 e. The van der Waals surface area contributed by atoms with Crippen LogP contribution in [0.4, 0.5) is 0 Å². The van der Waals surface area contributed by atoms with Gasteiger partial charge in [-0.1, -0.05) is 48.4 Å². The molecule has 5 nitrogen and oxygen atoms in total. The van der Waals surface area contributed by atoms with Gasteiger partial charge in [0.2, 0.25) is 5.91 Å². The van der Waals surface area contributed by atoms with E-state index in [1.807, 2.05) is 48.2 Å². The predicted octanol–water partition coefficient (Wildman–Crippen LogP) is 4.93. The molecule has 2 amide bonds. The number of fused-ring (bicyclic) bond motifs is 1. The highest BCUT2D eigenvalue weighted by Crippen LogP contribution is 2.27. The number of hydrogen-bond donors (Lipinski definition) is 2. The Kier molecular flexibility index (Phi) is 6.33. The van der Waals surface area contributed by atoms with Crippen molar-refractivity contribution in [3.63, 3.8) is 0 Å². The number of nitrogens with zero attached hydrogens (tertiary/aromatic N) is 1. The predicted molar refractivity (Wildman–Crippen MR) is 124 cm³/mol. The number of hydrogen-bond acceptors (Lipinski definition) is 2. The number of rotatable bonds is 5. The van der Waals surface area contributed by atoms with Crippen LogP contribution in [0.3, 0.4) is 0 Å². The largest absolute Gasteiger partial charge is 0.352 e. The molecule has 2 heterocycles. The Morgan fingerprint density at radius 3 is 2.55 bits per heavy atom. The molecule has 2 aromatic carbocycles. The molecule has 0 spiro atoms. The second-order valence-corrected chi connectivity index (χ2v) is 8.97. The van der Waals surface area contributed by atoms with Gasteiger partial charge in [-0.25, -0.2) is 0 Å². The van der Waals surface area contributed by atoms with Crippen molar-refractivity contribution in [2.45, 2.75) is 33.2 Å². The molecule has 162 valence electrons. The number of aromatic amines is 1. The first-order valence-electron chi connectivity index (χ1n) is 10.8. The van der Waals surface area contributed by atoms with E-state index in [-0.39, 0.29) is 23.7 Å². The highest BCUT2D eigenvalue weighted by Gasteiger charge is 2.30. The summed E-state index contributed by atoms with van der Waals surface area (Å²) >= 11 is 6.05. The van der Waals surface area contributed by atoms with Gasteiger partial charge in [0.05, 0.1) is 0 Å². The molecule has 1 aliphatic heterocycles. The fraction of sp³-hybridized carbons (Fsp3) is 0.360. The van der Waals surface area contributed by atoms with Crippen LogP contribution in [0, 0.1) is 18.8 Å². The highest BCUT2D eigenvalue weighted by atomic mass is 35.5. The molecule has 1 atom stereocenters. The number of carbonyl (C=O) groups excluding carboxylic acids is 2. The van der Waals surface area contributed by atoms with Crippen molar-refractivity contribution >= 4 is 34.3 Å². The topological polar surface area (TPSA) is 65.2 Å². The number of carbonyl (C=O) groups is 2. The van der Waals surface area contributed by atoms with Crippen LogP contribution < -0.4 is 5.32 Å². The molecule has 3 aromatic rings. The SMILES string of the molecule is Cc1ccc(CNC(=O)C(C)C2CCN(C(=O)c3cc4cc(Cl)ccc4[nH]3)CC2)cc1. The molecule has 2 N–H and O–H groups in total. The lowest BCUT2D eigenvalue weighted by Crippen LogP contribution is -2.42. The van der Waals surface area contributed by atoms with Crippen LogP contribution in [0.25, 0.3) is 10.9 Å². The van der Waals surface area contributed by atoms with Crippen molar-refractivity contribution in [1.29, 1.82) is 0 Å². The summed E-state index contributed by atoms with van der Waals surface area (Å²) in [5, 5.41) is 4.65. The third kappa shape index (κ3) is 4.93. The fourth-order valence-corrected chi connectivity index (χ4v) is 4.44. The standard InChI is InChI=1S/C25H28ClN3O2/c1-16-3-5-18(6-4-16)15-27-24(30)17(2)19-9-11-29(12-10-19)25(31)23-14-20-13-21(26)7-8-22(20)28-23/h3-8,13-14,17,19,28H,9-12,15H2,1-2H3,(H,27,30). The van der Waals surface area contributed by atoms with Crippen molar-refractivity contribution in [2.24, 2.45) is 11.8 Å². The molecule has 0 saturated carbocycles. The first-order valence-corrected chi connectivity index (χ1v) is 11.2. The van der Waals surface area contributed by atoms with Gasteiger partial charge in [0.25, 0.3) is 5.91 Å². The van der Waals surface area contributed by atoms with E-state index in [1.165, 1.54) is 5.56 Å². The van der Waals surface area contributed by atoms with E-state index in [0.717, 1.165) is 29.3 Å². The van der Waals surface area contributed by atoms with Gasteiger partial charge >= 0.3 is 0 Å². The average molecular weight is 438 g/mol.